The lowest BCUT2D eigenvalue weighted by Crippen LogP contribution is -1.99. The van der Waals surface area contributed by atoms with E-state index in [0.717, 1.165) is 11.7 Å². The van der Waals surface area contributed by atoms with Gasteiger partial charge >= 0.3 is 0 Å². The maximum Gasteiger partial charge on any atom is 0.229 e. The van der Waals surface area contributed by atoms with E-state index >= 15 is 0 Å². The molecule has 0 amide bonds. The summed E-state index contributed by atoms with van der Waals surface area (Å²) in [7, 11) is 1.53. The fraction of sp³-hybridized carbons (Fsp3) is 0.0714. The second kappa shape index (κ2) is 5.41. The molecule has 0 aliphatic rings. The lowest BCUT2D eigenvalue weighted by atomic mass is 10.2. The van der Waals surface area contributed by atoms with Crippen LogP contribution in [-0.4, -0.2) is 28.3 Å². The van der Waals surface area contributed by atoms with Gasteiger partial charge < -0.3 is 15.0 Å². The van der Waals surface area contributed by atoms with Crippen LogP contribution < -0.4 is 10.1 Å². The molecule has 3 rings (SSSR count). The quantitative estimate of drug-likeness (QED) is 0.724. The number of aromatic nitrogens is 3. The number of halogens is 1. The second-order valence-electron chi connectivity index (χ2n) is 4.30. The number of benzene rings is 1. The van der Waals surface area contributed by atoms with Crippen molar-refractivity contribution in [3.63, 3.8) is 0 Å². The molecule has 0 radical (unpaired) electrons. The Hall–Kier alpha value is -2.60. The van der Waals surface area contributed by atoms with E-state index in [1.165, 1.54) is 7.11 Å². The number of aromatic amines is 1. The van der Waals surface area contributed by atoms with Crippen LogP contribution in [0.2, 0.25) is 5.02 Å². The molecule has 21 heavy (non-hydrogen) atoms. The number of carbonyl (C=O) groups is 1. The zero-order chi connectivity index (χ0) is 14.8. The molecule has 3 aromatic rings. The summed E-state index contributed by atoms with van der Waals surface area (Å²) in [6.07, 6.45) is 4.05. The number of fused-ring (bicyclic) bond motifs is 1. The molecule has 0 aliphatic carbocycles. The first-order valence-electron chi connectivity index (χ1n) is 6.11. The minimum Gasteiger partial charge on any atom is -0.495 e. The highest BCUT2D eigenvalue weighted by atomic mass is 35.5. The summed E-state index contributed by atoms with van der Waals surface area (Å²) in [6.45, 7) is 0. The van der Waals surface area contributed by atoms with E-state index in [-0.39, 0.29) is 0 Å². The van der Waals surface area contributed by atoms with Crippen LogP contribution in [0.4, 0.5) is 11.6 Å². The minimum atomic E-state index is 0.401. The number of methoxy groups -OCH3 is 1. The Morgan fingerprint density at radius 2 is 2.29 bits per heavy atom. The third kappa shape index (κ3) is 2.53. The third-order valence-corrected chi connectivity index (χ3v) is 3.30. The number of ether oxygens (including phenoxy) is 1. The van der Waals surface area contributed by atoms with E-state index in [1.807, 2.05) is 0 Å². The predicted molar refractivity (Wildman–Crippen MR) is 80.6 cm³/mol. The van der Waals surface area contributed by atoms with Crippen molar-refractivity contribution in [2.75, 3.05) is 12.4 Å². The molecule has 0 unspecified atom stereocenters. The molecule has 0 atom stereocenters. The van der Waals surface area contributed by atoms with Gasteiger partial charge in [0.1, 0.15) is 17.7 Å². The van der Waals surface area contributed by atoms with Gasteiger partial charge in [0.2, 0.25) is 5.95 Å². The van der Waals surface area contributed by atoms with Crippen molar-refractivity contribution in [1.29, 1.82) is 0 Å². The molecule has 2 aromatic heterocycles. The van der Waals surface area contributed by atoms with Crippen LogP contribution in [0.5, 0.6) is 5.75 Å². The standard InChI is InChI=1S/C14H11ClN4O2/c1-21-12-4-8(7-20)2-3-11(12)18-14-17-5-9-10(15)6-16-13(9)19-14/h2-7H,1H3,(H2,16,17,18,19). The van der Waals surface area contributed by atoms with Gasteiger partial charge in [0.15, 0.2) is 0 Å². The summed E-state index contributed by atoms with van der Waals surface area (Å²) in [5.74, 6) is 0.936. The number of hydrogen-bond acceptors (Lipinski definition) is 5. The Labute approximate surface area is 125 Å². The van der Waals surface area contributed by atoms with E-state index < -0.39 is 0 Å². The Bertz CT molecular complexity index is 816. The Morgan fingerprint density at radius 1 is 1.43 bits per heavy atom. The number of H-pyrrole nitrogens is 1. The predicted octanol–water partition coefficient (Wildman–Crippen LogP) is 3.18. The summed E-state index contributed by atoms with van der Waals surface area (Å²) < 4.78 is 5.25. The average molecular weight is 303 g/mol. The molecule has 0 fully saturated rings. The number of rotatable bonds is 4. The molecule has 0 saturated heterocycles. The molecule has 6 nitrogen and oxygen atoms in total. The highest BCUT2D eigenvalue weighted by Gasteiger charge is 2.08. The number of hydrogen-bond donors (Lipinski definition) is 2. The van der Waals surface area contributed by atoms with E-state index in [4.69, 9.17) is 16.3 Å². The van der Waals surface area contributed by atoms with Gasteiger partial charge in [-0.15, -0.1) is 0 Å². The highest BCUT2D eigenvalue weighted by Crippen LogP contribution is 2.28. The maximum atomic E-state index is 10.8. The van der Waals surface area contributed by atoms with E-state index in [9.17, 15) is 4.79 Å². The first-order valence-corrected chi connectivity index (χ1v) is 6.49. The number of nitrogens with one attached hydrogen (secondary N) is 2. The first kappa shape index (κ1) is 13.4. The third-order valence-electron chi connectivity index (χ3n) is 2.99. The Kier molecular flexibility index (Phi) is 3.45. The Balaban J connectivity index is 1.95. The van der Waals surface area contributed by atoms with Gasteiger partial charge in [-0.05, 0) is 18.2 Å². The molecule has 1 aromatic carbocycles. The summed E-state index contributed by atoms with van der Waals surface area (Å²) in [5, 5.41) is 4.38. The lowest BCUT2D eigenvalue weighted by Gasteiger charge is -2.10. The molecule has 0 spiro atoms. The molecule has 0 saturated carbocycles. The molecule has 2 heterocycles. The molecular weight excluding hydrogens is 292 g/mol. The van der Waals surface area contributed by atoms with Crippen LogP contribution in [0, 0.1) is 0 Å². The summed E-state index contributed by atoms with van der Waals surface area (Å²) in [5.41, 5.74) is 1.84. The summed E-state index contributed by atoms with van der Waals surface area (Å²) in [6, 6.07) is 5.05. The molecule has 0 aliphatic heterocycles. The molecule has 7 heteroatoms. The van der Waals surface area contributed by atoms with Gasteiger partial charge in [-0.25, -0.2) is 4.98 Å². The van der Waals surface area contributed by atoms with Gasteiger partial charge in [-0.2, -0.15) is 4.98 Å². The average Bonchev–Trinajstić information content (AvgIpc) is 2.88. The molecule has 0 bridgehead atoms. The largest absolute Gasteiger partial charge is 0.495 e. The minimum absolute atomic E-state index is 0.401. The van der Waals surface area contributed by atoms with Gasteiger partial charge in [0.05, 0.1) is 23.2 Å². The fourth-order valence-corrected chi connectivity index (χ4v) is 2.13. The van der Waals surface area contributed by atoms with Crippen molar-refractivity contribution in [3.8, 4) is 5.75 Å². The first-order chi connectivity index (χ1) is 10.2. The van der Waals surface area contributed by atoms with Crippen LogP contribution in [-0.2, 0) is 0 Å². The molecule has 2 N–H and O–H groups in total. The normalized spacial score (nSPS) is 10.6. The number of aldehydes is 1. The fourth-order valence-electron chi connectivity index (χ4n) is 1.94. The van der Waals surface area contributed by atoms with Crippen LogP contribution in [0.3, 0.4) is 0 Å². The number of nitrogens with zero attached hydrogens (tertiary/aromatic N) is 2. The van der Waals surface area contributed by atoms with Crippen molar-refractivity contribution in [2.45, 2.75) is 0 Å². The SMILES string of the molecule is COc1cc(C=O)ccc1Nc1ncc2c(Cl)c[nH]c2n1. The monoisotopic (exact) mass is 302 g/mol. The van der Waals surface area contributed by atoms with Crippen LogP contribution >= 0.6 is 11.6 Å². The zero-order valence-corrected chi connectivity index (χ0v) is 11.8. The van der Waals surface area contributed by atoms with Gasteiger partial charge in [-0.3, -0.25) is 4.79 Å². The summed E-state index contributed by atoms with van der Waals surface area (Å²) >= 11 is 5.98. The van der Waals surface area contributed by atoms with Gasteiger partial charge in [0, 0.05) is 18.0 Å². The van der Waals surface area contributed by atoms with Crippen LogP contribution in [0.25, 0.3) is 11.0 Å². The van der Waals surface area contributed by atoms with Crippen LogP contribution in [0.15, 0.2) is 30.6 Å². The topological polar surface area (TPSA) is 79.9 Å². The highest BCUT2D eigenvalue weighted by molar-refractivity contribution is 6.35. The van der Waals surface area contributed by atoms with Crippen LogP contribution in [0.1, 0.15) is 10.4 Å². The zero-order valence-electron chi connectivity index (χ0n) is 11.1. The molecular formula is C14H11ClN4O2. The van der Waals surface area contributed by atoms with E-state index in [1.54, 1.807) is 30.6 Å². The second-order valence-corrected chi connectivity index (χ2v) is 4.70. The Morgan fingerprint density at radius 3 is 3.05 bits per heavy atom. The van der Waals surface area contributed by atoms with Gasteiger partial charge in [0.25, 0.3) is 0 Å². The summed E-state index contributed by atoms with van der Waals surface area (Å²) in [4.78, 5) is 22.3. The number of anilines is 2. The van der Waals surface area contributed by atoms with E-state index in [0.29, 0.717) is 33.6 Å². The van der Waals surface area contributed by atoms with Crippen molar-refractivity contribution in [1.82, 2.24) is 15.0 Å². The van der Waals surface area contributed by atoms with Gasteiger partial charge in [-0.1, -0.05) is 11.6 Å². The smallest absolute Gasteiger partial charge is 0.229 e. The van der Waals surface area contributed by atoms with Crippen molar-refractivity contribution in [2.24, 2.45) is 0 Å². The molecule has 106 valence electrons. The van der Waals surface area contributed by atoms with Crippen molar-refractivity contribution >= 4 is 40.6 Å². The van der Waals surface area contributed by atoms with Crippen molar-refractivity contribution in [3.05, 3.63) is 41.2 Å². The lowest BCUT2D eigenvalue weighted by molar-refractivity contribution is 0.112. The number of carbonyl (C=O) groups excluding carboxylic acids is 1. The van der Waals surface area contributed by atoms with E-state index in [2.05, 4.69) is 20.3 Å². The van der Waals surface area contributed by atoms with Crippen molar-refractivity contribution < 1.29 is 9.53 Å². The maximum absolute atomic E-state index is 10.8.